The van der Waals surface area contributed by atoms with Crippen LogP contribution in [0.25, 0.3) is 15.9 Å². The van der Waals surface area contributed by atoms with Crippen LogP contribution in [0.15, 0.2) is 52.4 Å². The Labute approximate surface area is 231 Å². The second-order valence-corrected chi connectivity index (χ2v) is 13.8. The van der Waals surface area contributed by atoms with Gasteiger partial charge in [-0.2, -0.15) is 0 Å². The quantitative estimate of drug-likeness (QED) is 0.199. The number of halogens is 2. The van der Waals surface area contributed by atoms with Crippen LogP contribution in [-0.2, 0) is 17.0 Å². The number of nitrogens with zero attached hydrogens (tertiary/aromatic N) is 2. The van der Waals surface area contributed by atoms with Gasteiger partial charge in [-0.05, 0) is 49.2 Å². The highest BCUT2D eigenvalue weighted by Gasteiger charge is 2.31. The fourth-order valence-corrected chi connectivity index (χ4v) is 7.75. The number of anilines is 1. The molecule has 0 unspecified atom stereocenters. The van der Waals surface area contributed by atoms with E-state index in [0.29, 0.717) is 26.3 Å². The fraction of sp³-hybridized carbons (Fsp3) is 0.269. The lowest BCUT2D eigenvalue weighted by Gasteiger charge is -2.28. The standard InChI is InChI=1S/C26H23Cl2N3O2S3/c1-14-4-7-16(8-5-14)31-24(33)22-17-11-26(2,3)35-12-20(17)36-23(22)30-25(31)34-13-21(32)29-19-9-6-15(27)10-18(19)28/h4-10H,11-13H2,1-3H3,(H,29,32). The maximum atomic E-state index is 14.0. The number of carbonyl (C=O) groups excluding carboxylic acids is 1. The highest BCUT2D eigenvalue weighted by molar-refractivity contribution is 8.00. The second-order valence-electron chi connectivity index (χ2n) is 9.24. The number of aromatic nitrogens is 2. The largest absolute Gasteiger partial charge is 0.324 e. The van der Waals surface area contributed by atoms with Crippen molar-refractivity contribution in [1.82, 2.24) is 9.55 Å². The maximum Gasteiger partial charge on any atom is 0.267 e. The van der Waals surface area contributed by atoms with Crippen molar-refractivity contribution in [3.05, 3.63) is 78.9 Å². The lowest BCUT2D eigenvalue weighted by atomic mass is 10.00. The molecule has 0 spiro atoms. The highest BCUT2D eigenvalue weighted by atomic mass is 35.5. The number of thiophene rings is 1. The first-order valence-electron chi connectivity index (χ1n) is 11.3. The van der Waals surface area contributed by atoms with Gasteiger partial charge in [0.25, 0.3) is 5.56 Å². The molecule has 0 aliphatic carbocycles. The number of aryl methyl sites for hydroxylation is 1. The molecule has 1 amide bonds. The van der Waals surface area contributed by atoms with Crippen LogP contribution in [-0.4, -0.2) is 26.0 Å². The first-order chi connectivity index (χ1) is 17.1. The van der Waals surface area contributed by atoms with Crippen LogP contribution in [0.1, 0.15) is 29.9 Å². The number of thioether (sulfide) groups is 2. The SMILES string of the molecule is Cc1ccc(-n2c(SCC(=O)Nc3ccc(Cl)cc3Cl)nc3sc4c(c3c2=O)CC(C)(C)SC4)cc1. The molecule has 0 fully saturated rings. The summed E-state index contributed by atoms with van der Waals surface area (Å²) in [6.07, 6.45) is 0.828. The predicted octanol–water partition coefficient (Wildman–Crippen LogP) is 7.36. The van der Waals surface area contributed by atoms with Gasteiger partial charge in [-0.3, -0.25) is 14.2 Å². The van der Waals surface area contributed by atoms with Gasteiger partial charge in [-0.1, -0.05) is 66.5 Å². The number of nitrogens with one attached hydrogen (secondary N) is 1. The molecule has 3 heterocycles. The van der Waals surface area contributed by atoms with Gasteiger partial charge in [0.2, 0.25) is 5.91 Å². The van der Waals surface area contributed by atoms with E-state index in [9.17, 15) is 9.59 Å². The van der Waals surface area contributed by atoms with Crippen LogP contribution < -0.4 is 10.9 Å². The Morgan fingerprint density at radius 2 is 1.94 bits per heavy atom. The molecule has 10 heteroatoms. The number of benzene rings is 2. The molecule has 1 N–H and O–H groups in total. The fourth-order valence-electron chi connectivity index (χ4n) is 4.10. The van der Waals surface area contributed by atoms with Crippen LogP contribution >= 0.6 is 58.1 Å². The Hall–Kier alpha value is -1.97. The third kappa shape index (κ3) is 5.20. The van der Waals surface area contributed by atoms with E-state index in [4.69, 9.17) is 28.2 Å². The summed E-state index contributed by atoms with van der Waals surface area (Å²) in [7, 11) is 0. The molecule has 1 aliphatic heterocycles. The molecule has 2 aromatic carbocycles. The van der Waals surface area contributed by atoms with Crippen molar-refractivity contribution >= 4 is 79.9 Å². The maximum absolute atomic E-state index is 14.0. The van der Waals surface area contributed by atoms with E-state index >= 15 is 0 Å². The van der Waals surface area contributed by atoms with E-state index in [1.54, 1.807) is 34.1 Å². The molecule has 4 aromatic rings. The third-order valence-corrected chi connectivity index (χ3v) is 10.1. The molecular weight excluding hydrogens is 553 g/mol. The Morgan fingerprint density at radius 1 is 1.19 bits per heavy atom. The minimum atomic E-state index is -0.252. The van der Waals surface area contributed by atoms with Crippen molar-refractivity contribution in [2.45, 2.75) is 42.8 Å². The van der Waals surface area contributed by atoms with Crippen LogP contribution in [0.5, 0.6) is 0 Å². The average molecular weight is 577 g/mol. The average Bonchev–Trinajstić information content (AvgIpc) is 3.17. The number of carbonyl (C=O) groups is 1. The first kappa shape index (κ1) is 25.7. The molecule has 5 rings (SSSR count). The highest BCUT2D eigenvalue weighted by Crippen LogP contribution is 2.44. The van der Waals surface area contributed by atoms with Gasteiger partial charge in [-0.25, -0.2) is 4.98 Å². The van der Waals surface area contributed by atoms with E-state index in [-0.39, 0.29) is 22.0 Å². The number of hydrogen-bond donors (Lipinski definition) is 1. The number of rotatable bonds is 5. The van der Waals surface area contributed by atoms with Gasteiger partial charge in [0, 0.05) is 20.4 Å². The Balaban J connectivity index is 1.53. The predicted molar refractivity (Wildman–Crippen MR) is 155 cm³/mol. The minimum Gasteiger partial charge on any atom is -0.324 e. The van der Waals surface area contributed by atoms with E-state index < -0.39 is 0 Å². The van der Waals surface area contributed by atoms with Gasteiger partial charge in [0.05, 0.1) is 27.5 Å². The molecule has 0 bridgehead atoms. The Bertz CT molecular complexity index is 1550. The summed E-state index contributed by atoms with van der Waals surface area (Å²) in [6, 6.07) is 12.7. The van der Waals surface area contributed by atoms with E-state index in [0.717, 1.165) is 33.8 Å². The zero-order chi connectivity index (χ0) is 25.6. The normalized spacial score (nSPS) is 14.6. The summed E-state index contributed by atoms with van der Waals surface area (Å²) in [5, 5.41) is 4.85. The summed E-state index contributed by atoms with van der Waals surface area (Å²) in [5.74, 6) is 0.689. The van der Waals surface area contributed by atoms with E-state index in [1.807, 2.05) is 43.0 Å². The van der Waals surface area contributed by atoms with Crippen molar-refractivity contribution in [3.63, 3.8) is 0 Å². The summed E-state index contributed by atoms with van der Waals surface area (Å²) in [6.45, 7) is 6.43. The Kier molecular flexibility index (Phi) is 7.18. The molecule has 0 atom stereocenters. The van der Waals surface area contributed by atoms with Crippen molar-refractivity contribution in [3.8, 4) is 5.69 Å². The summed E-state index contributed by atoms with van der Waals surface area (Å²) in [5.41, 5.74) is 3.34. The monoisotopic (exact) mass is 575 g/mol. The summed E-state index contributed by atoms with van der Waals surface area (Å²) < 4.78 is 1.70. The smallest absolute Gasteiger partial charge is 0.267 e. The van der Waals surface area contributed by atoms with Gasteiger partial charge in [0.15, 0.2) is 5.16 Å². The van der Waals surface area contributed by atoms with Gasteiger partial charge < -0.3 is 5.32 Å². The molecule has 1 aliphatic rings. The van der Waals surface area contributed by atoms with Crippen molar-refractivity contribution in [2.24, 2.45) is 0 Å². The zero-order valence-electron chi connectivity index (χ0n) is 19.9. The molecule has 5 nitrogen and oxygen atoms in total. The van der Waals surface area contributed by atoms with Gasteiger partial charge in [-0.15, -0.1) is 23.1 Å². The molecular formula is C26H23Cl2N3O2S3. The molecule has 186 valence electrons. The van der Waals surface area contributed by atoms with Crippen molar-refractivity contribution in [2.75, 3.05) is 11.1 Å². The summed E-state index contributed by atoms with van der Waals surface area (Å²) in [4.78, 5) is 33.6. The number of fused-ring (bicyclic) bond motifs is 3. The summed E-state index contributed by atoms with van der Waals surface area (Å²) >= 11 is 16.9. The zero-order valence-corrected chi connectivity index (χ0v) is 23.8. The van der Waals surface area contributed by atoms with Crippen LogP contribution in [0.2, 0.25) is 10.0 Å². The number of amides is 1. The van der Waals surface area contributed by atoms with E-state index in [1.165, 1.54) is 16.6 Å². The molecule has 36 heavy (non-hydrogen) atoms. The molecule has 0 saturated heterocycles. The van der Waals surface area contributed by atoms with Crippen molar-refractivity contribution < 1.29 is 4.79 Å². The van der Waals surface area contributed by atoms with Crippen LogP contribution in [0, 0.1) is 6.92 Å². The second kappa shape index (κ2) is 10.1. The van der Waals surface area contributed by atoms with Crippen LogP contribution in [0.3, 0.4) is 0 Å². The van der Waals surface area contributed by atoms with E-state index in [2.05, 4.69) is 19.2 Å². The minimum absolute atomic E-state index is 0.0661. The lowest BCUT2D eigenvalue weighted by molar-refractivity contribution is -0.113. The van der Waals surface area contributed by atoms with Crippen LogP contribution in [0.4, 0.5) is 5.69 Å². The number of hydrogen-bond acceptors (Lipinski definition) is 6. The van der Waals surface area contributed by atoms with Gasteiger partial charge in [0.1, 0.15) is 4.83 Å². The third-order valence-electron chi connectivity index (χ3n) is 5.90. The molecule has 0 saturated carbocycles. The topological polar surface area (TPSA) is 64.0 Å². The van der Waals surface area contributed by atoms with Gasteiger partial charge >= 0.3 is 0 Å². The molecule has 2 aromatic heterocycles. The molecule has 0 radical (unpaired) electrons. The van der Waals surface area contributed by atoms with Crippen molar-refractivity contribution in [1.29, 1.82) is 0 Å². The first-order valence-corrected chi connectivity index (χ1v) is 14.8. The lowest BCUT2D eigenvalue weighted by Crippen LogP contribution is -2.26. The Morgan fingerprint density at radius 3 is 2.67 bits per heavy atom.